The van der Waals surface area contributed by atoms with Crippen molar-refractivity contribution in [2.24, 2.45) is 0 Å². The maximum absolute atomic E-state index is 14.9. The molecule has 0 radical (unpaired) electrons. The summed E-state index contributed by atoms with van der Waals surface area (Å²) in [4.78, 5) is 0. The number of hydrogen-bond donors (Lipinski definition) is 0. The van der Waals surface area contributed by atoms with Crippen LogP contribution in [0.1, 0.15) is 110 Å². The minimum atomic E-state index is 0.0293. The fourth-order valence-electron chi connectivity index (χ4n) is 4.14. The van der Waals surface area contributed by atoms with E-state index in [-0.39, 0.29) is 5.82 Å². The molecular formula is C25H31F. The van der Waals surface area contributed by atoms with Crippen LogP contribution in [0.15, 0.2) is 30.3 Å². The van der Waals surface area contributed by atoms with Crippen molar-refractivity contribution < 1.29 is 4.39 Å². The highest BCUT2D eigenvalue weighted by molar-refractivity contribution is 5.46. The Kier molecular flexibility index (Phi) is 4.67. The summed E-state index contributed by atoms with van der Waals surface area (Å²) < 4.78 is 14.9. The van der Waals surface area contributed by atoms with Gasteiger partial charge in [0, 0.05) is 0 Å². The Morgan fingerprint density at radius 1 is 0.808 bits per heavy atom. The Morgan fingerprint density at radius 2 is 1.42 bits per heavy atom. The predicted molar refractivity (Wildman–Crippen MR) is 108 cm³/mol. The molecule has 0 N–H and O–H groups in total. The molecule has 0 bridgehead atoms. The number of rotatable bonds is 6. The van der Waals surface area contributed by atoms with Crippen LogP contribution in [0, 0.1) is 5.82 Å². The van der Waals surface area contributed by atoms with Crippen molar-refractivity contribution in [1.29, 1.82) is 0 Å². The van der Waals surface area contributed by atoms with Crippen molar-refractivity contribution in [3.05, 3.63) is 69.5 Å². The van der Waals surface area contributed by atoms with E-state index in [1.54, 1.807) is 6.07 Å². The van der Waals surface area contributed by atoms with Gasteiger partial charge in [0.05, 0.1) is 0 Å². The van der Waals surface area contributed by atoms with Gasteiger partial charge in [-0.15, -0.1) is 0 Å². The molecule has 0 aromatic heterocycles. The van der Waals surface area contributed by atoms with Gasteiger partial charge in [0.1, 0.15) is 5.82 Å². The lowest BCUT2D eigenvalue weighted by atomic mass is 9.87. The van der Waals surface area contributed by atoms with E-state index in [0.717, 1.165) is 36.3 Å². The third-order valence-corrected chi connectivity index (χ3v) is 6.12. The Balaban J connectivity index is 1.78. The third kappa shape index (κ3) is 3.59. The molecule has 0 nitrogen and oxygen atoms in total. The largest absolute Gasteiger partial charge is 0.207 e. The van der Waals surface area contributed by atoms with Crippen LogP contribution >= 0.6 is 0 Å². The van der Waals surface area contributed by atoms with Crippen LogP contribution in [0.5, 0.6) is 0 Å². The molecule has 0 saturated heterocycles. The molecule has 0 amide bonds. The first-order valence-electron chi connectivity index (χ1n) is 10.4. The molecule has 0 spiro atoms. The van der Waals surface area contributed by atoms with E-state index in [2.05, 4.69) is 52.0 Å². The molecule has 2 aliphatic carbocycles. The molecule has 26 heavy (non-hydrogen) atoms. The highest BCUT2D eigenvalue weighted by Gasteiger charge is 2.31. The minimum Gasteiger partial charge on any atom is -0.207 e. The van der Waals surface area contributed by atoms with E-state index in [0.29, 0.717) is 17.8 Å². The van der Waals surface area contributed by atoms with Crippen LogP contribution < -0.4 is 0 Å². The monoisotopic (exact) mass is 350 g/mol. The molecule has 1 heteroatoms. The number of halogens is 1. The molecule has 0 aliphatic heterocycles. The summed E-state index contributed by atoms with van der Waals surface area (Å²) in [6, 6.07) is 11.1. The Bertz CT molecular complexity index is 807. The van der Waals surface area contributed by atoms with E-state index in [9.17, 15) is 4.39 Å². The molecule has 2 aliphatic rings. The molecule has 138 valence electrons. The molecule has 2 fully saturated rings. The predicted octanol–water partition coefficient (Wildman–Crippen LogP) is 7.42. The first-order chi connectivity index (χ1) is 12.4. The van der Waals surface area contributed by atoms with Gasteiger partial charge in [-0.3, -0.25) is 0 Å². The van der Waals surface area contributed by atoms with Gasteiger partial charge in [-0.1, -0.05) is 52.0 Å². The van der Waals surface area contributed by atoms with Crippen LogP contribution in [0.2, 0.25) is 0 Å². The number of benzene rings is 2. The van der Waals surface area contributed by atoms with Crippen molar-refractivity contribution in [3.8, 4) is 0 Å². The smallest absolute Gasteiger partial charge is 0.127 e. The van der Waals surface area contributed by atoms with Crippen LogP contribution in [0.3, 0.4) is 0 Å². The summed E-state index contributed by atoms with van der Waals surface area (Å²) in [6.07, 6.45) is 5.79. The summed E-state index contributed by atoms with van der Waals surface area (Å²) in [7, 11) is 0. The number of hydrogen-bond acceptors (Lipinski definition) is 0. The molecule has 0 heterocycles. The minimum absolute atomic E-state index is 0.0293. The first-order valence-corrected chi connectivity index (χ1v) is 10.4. The molecule has 2 aromatic carbocycles. The second-order valence-electron chi connectivity index (χ2n) is 9.07. The van der Waals surface area contributed by atoms with Crippen LogP contribution in [0.25, 0.3) is 0 Å². The van der Waals surface area contributed by atoms with E-state index in [1.165, 1.54) is 35.1 Å². The van der Waals surface area contributed by atoms with Crippen LogP contribution in [-0.4, -0.2) is 0 Å². The van der Waals surface area contributed by atoms with E-state index < -0.39 is 0 Å². The molecule has 0 atom stereocenters. The Labute approximate surface area is 157 Å². The summed E-state index contributed by atoms with van der Waals surface area (Å²) in [6.45, 7) is 8.82. The Hall–Kier alpha value is -1.63. The first kappa shape index (κ1) is 17.8. The lowest BCUT2D eigenvalue weighted by Gasteiger charge is -2.18. The summed E-state index contributed by atoms with van der Waals surface area (Å²) >= 11 is 0. The topological polar surface area (TPSA) is 0 Å². The zero-order valence-corrected chi connectivity index (χ0v) is 16.6. The third-order valence-electron chi connectivity index (χ3n) is 6.12. The highest BCUT2D eigenvalue weighted by Crippen LogP contribution is 2.46. The van der Waals surface area contributed by atoms with Gasteiger partial charge in [0.25, 0.3) is 0 Å². The van der Waals surface area contributed by atoms with Crippen molar-refractivity contribution in [3.63, 3.8) is 0 Å². The van der Waals surface area contributed by atoms with Crippen molar-refractivity contribution in [2.75, 3.05) is 0 Å². The SMILES string of the molecule is CC(C)c1ccc(C2CC2)c(Cc2cc(C(C)C)cc(F)c2C2CC2)c1. The lowest BCUT2D eigenvalue weighted by molar-refractivity contribution is 0.603. The second kappa shape index (κ2) is 6.83. The Morgan fingerprint density at radius 3 is 2.00 bits per heavy atom. The van der Waals surface area contributed by atoms with Crippen molar-refractivity contribution >= 4 is 0 Å². The van der Waals surface area contributed by atoms with Gasteiger partial charge < -0.3 is 0 Å². The van der Waals surface area contributed by atoms with Gasteiger partial charge in [-0.2, -0.15) is 0 Å². The maximum Gasteiger partial charge on any atom is 0.127 e. The summed E-state index contributed by atoms with van der Waals surface area (Å²) in [5, 5.41) is 0. The van der Waals surface area contributed by atoms with Gasteiger partial charge in [0.2, 0.25) is 0 Å². The fourth-order valence-corrected chi connectivity index (χ4v) is 4.14. The van der Waals surface area contributed by atoms with Crippen molar-refractivity contribution in [2.45, 2.75) is 83.5 Å². The van der Waals surface area contributed by atoms with Crippen molar-refractivity contribution in [1.82, 2.24) is 0 Å². The molecule has 4 rings (SSSR count). The lowest BCUT2D eigenvalue weighted by Crippen LogP contribution is -2.04. The van der Waals surface area contributed by atoms with E-state index >= 15 is 0 Å². The van der Waals surface area contributed by atoms with Crippen LogP contribution in [-0.2, 0) is 6.42 Å². The maximum atomic E-state index is 14.9. The summed E-state index contributed by atoms with van der Waals surface area (Å²) in [5.74, 6) is 2.10. The zero-order valence-electron chi connectivity index (χ0n) is 16.6. The highest BCUT2D eigenvalue weighted by atomic mass is 19.1. The zero-order chi connectivity index (χ0) is 18.4. The van der Waals surface area contributed by atoms with Gasteiger partial charge >= 0.3 is 0 Å². The fraction of sp³-hybridized carbons (Fsp3) is 0.520. The quantitative estimate of drug-likeness (QED) is 0.508. The summed E-state index contributed by atoms with van der Waals surface area (Å²) in [5.41, 5.74) is 7.71. The van der Waals surface area contributed by atoms with Crippen LogP contribution in [0.4, 0.5) is 4.39 Å². The normalized spacial score (nSPS) is 17.3. The molecule has 2 saturated carbocycles. The van der Waals surface area contributed by atoms with Gasteiger partial charge in [-0.25, -0.2) is 4.39 Å². The van der Waals surface area contributed by atoms with E-state index in [4.69, 9.17) is 0 Å². The molecule has 2 aromatic rings. The van der Waals surface area contributed by atoms with Gasteiger partial charge in [-0.05, 0) is 95.2 Å². The molecule has 0 unspecified atom stereocenters. The van der Waals surface area contributed by atoms with Gasteiger partial charge in [0.15, 0.2) is 0 Å². The van der Waals surface area contributed by atoms with E-state index in [1.807, 2.05) is 0 Å². The average Bonchev–Trinajstić information content (AvgIpc) is 3.46. The average molecular weight is 351 g/mol. The standard InChI is InChI=1S/C25H31F/c1-15(2)19-9-10-23(17-5-6-17)21(11-19)13-22-12-20(16(3)4)14-24(26)25(22)18-7-8-18/h9-12,14-18H,5-8,13H2,1-4H3. The second-order valence-corrected chi connectivity index (χ2v) is 9.07. The molecular weight excluding hydrogens is 319 g/mol.